The van der Waals surface area contributed by atoms with Crippen LogP contribution in [0.5, 0.6) is 0 Å². The molecule has 0 atom stereocenters. The van der Waals surface area contributed by atoms with Gasteiger partial charge < -0.3 is 10.2 Å². The van der Waals surface area contributed by atoms with Crippen LogP contribution in [0.15, 0.2) is 60.7 Å². The third kappa shape index (κ3) is 3.05. The number of hydrazine groups is 1. The Labute approximate surface area is 119 Å². The number of nitrogens with one attached hydrogen (secondary N) is 2. The van der Waals surface area contributed by atoms with Gasteiger partial charge in [0.05, 0.1) is 13.2 Å². The van der Waals surface area contributed by atoms with Gasteiger partial charge in [0, 0.05) is 6.54 Å². The molecule has 2 rings (SSSR count). The van der Waals surface area contributed by atoms with Crippen LogP contribution in [0.1, 0.15) is 11.1 Å². The summed E-state index contributed by atoms with van der Waals surface area (Å²) in [5.74, 6) is 0. The largest absolute Gasteiger partial charge is 0.395 e. The first-order valence-corrected chi connectivity index (χ1v) is 6.66. The van der Waals surface area contributed by atoms with Crippen LogP contribution in [0.3, 0.4) is 0 Å². The average Bonchev–Trinajstić information content (AvgIpc) is 2.54. The summed E-state index contributed by atoms with van der Waals surface area (Å²) >= 11 is 0. The number of benzene rings is 2. The zero-order valence-electron chi connectivity index (χ0n) is 11.3. The molecule has 0 radical (unpaired) electrons. The van der Waals surface area contributed by atoms with Gasteiger partial charge in [-0.15, -0.1) is 0 Å². The molecule has 0 saturated carbocycles. The minimum atomic E-state index is -0.738. The van der Waals surface area contributed by atoms with Crippen molar-refractivity contribution in [2.24, 2.45) is 0 Å². The molecule has 0 aliphatic heterocycles. The smallest absolute Gasteiger partial charge is 0.105 e. The van der Waals surface area contributed by atoms with Crippen molar-refractivity contribution in [2.45, 2.75) is 5.54 Å². The molecule has 20 heavy (non-hydrogen) atoms. The standard InChI is InChI=1S/C16H20N2O2/c19-12-11-17-18-16(13-20,14-7-3-1-4-8-14)15-9-5-2-6-10-15/h1-10,17-20H,11-13H2. The molecule has 0 aliphatic carbocycles. The summed E-state index contributed by atoms with van der Waals surface area (Å²) in [5.41, 5.74) is 7.30. The van der Waals surface area contributed by atoms with Crippen molar-refractivity contribution in [3.8, 4) is 0 Å². The van der Waals surface area contributed by atoms with Crippen molar-refractivity contribution in [3.63, 3.8) is 0 Å². The van der Waals surface area contributed by atoms with Gasteiger partial charge in [-0.25, -0.2) is 5.43 Å². The minimum Gasteiger partial charge on any atom is -0.395 e. The first kappa shape index (κ1) is 14.7. The Morgan fingerprint density at radius 1 is 0.800 bits per heavy atom. The monoisotopic (exact) mass is 272 g/mol. The molecule has 0 amide bonds. The van der Waals surface area contributed by atoms with Gasteiger partial charge in [0.2, 0.25) is 0 Å². The summed E-state index contributed by atoms with van der Waals surface area (Å²) in [4.78, 5) is 0. The van der Waals surface area contributed by atoms with Crippen molar-refractivity contribution >= 4 is 0 Å². The van der Waals surface area contributed by atoms with Gasteiger partial charge in [-0.3, -0.25) is 5.43 Å². The molecule has 4 heteroatoms. The zero-order chi connectivity index (χ0) is 14.3. The van der Waals surface area contributed by atoms with Crippen LogP contribution in [0.4, 0.5) is 0 Å². The molecule has 0 saturated heterocycles. The minimum absolute atomic E-state index is 0.0259. The number of aliphatic hydroxyl groups excluding tert-OH is 2. The molecule has 0 aromatic heterocycles. The summed E-state index contributed by atoms with van der Waals surface area (Å²) in [7, 11) is 0. The first-order chi connectivity index (χ1) is 9.83. The second kappa shape index (κ2) is 7.17. The van der Waals surface area contributed by atoms with Crippen LogP contribution >= 0.6 is 0 Å². The Bertz CT molecular complexity index is 463. The van der Waals surface area contributed by atoms with Gasteiger partial charge in [-0.05, 0) is 11.1 Å². The number of hydrogen-bond acceptors (Lipinski definition) is 4. The van der Waals surface area contributed by atoms with Crippen LogP contribution in [0, 0.1) is 0 Å². The van der Waals surface area contributed by atoms with Crippen molar-refractivity contribution in [2.75, 3.05) is 19.8 Å². The second-order valence-electron chi connectivity index (χ2n) is 4.57. The molecule has 0 fully saturated rings. The maximum absolute atomic E-state index is 10.0. The molecule has 0 spiro atoms. The van der Waals surface area contributed by atoms with E-state index in [0.29, 0.717) is 6.54 Å². The summed E-state index contributed by atoms with van der Waals surface area (Å²) in [6.07, 6.45) is 0. The van der Waals surface area contributed by atoms with E-state index in [1.165, 1.54) is 0 Å². The molecular formula is C16H20N2O2. The average molecular weight is 272 g/mol. The van der Waals surface area contributed by atoms with E-state index in [-0.39, 0.29) is 13.2 Å². The maximum Gasteiger partial charge on any atom is 0.105 e. The van der Waals surface area contributed by atoms with Crippen LogP contribution < -0.4 is 10.9 Å². The normalized spacial score (nSPS) is 11.5. The maximum atomic E-state index is 10.0. The van der Waals surface area contributed by atoms with Gasteiger partial charge in [0.25, 0.3) is 0 Å². The lowest BCUT2D eigenvalue weighted by atomic mass is 9.84. The third-order valence-electron chi connectivity index (χ3n) is 3.31. The van der Waals surface area contributed by atoms with Gasteiger partial charge in [0.15, 0.2) is 0 Å². The molecule has 2 aromatic rings. The van der Waals surface area contributed by atoms with E-state index in [1.807, 2.05) is 60.7 Å². The Hall–Kier alpha value is -1.72. The molecule has 0 aliphatic rings. The number of rotatable bonds is 7. The van der Waals surface area contributed by atoms with Gasteiger partial charge in [-0.2, -0.15) is 0 Å². The van der Waals surface area contributed by atoms with Gasteiger partial charge >= 0.3 is 0 Å². The summed E-state index contributed by atoms with van der Waals surface area (Å²) in [6, 6.07) is 19.5. The molecule has 2 aromatic carbocycles. The van der Waals surface area contributed by atoms with E-state index in [4.69, 9.17) is 5.11 Å². The fraction of sp³-hybridized carbons (Fsp3) is 0.250. The van der Waals surface area contributed by atoms with Crippen LogP contribution in [0.25, 0.3) is 0 Å². The van der Waals surface area contributed by atoms with Crippen molar-refractivity contribution in [1.29, 1.82) is 0 Å². The highest BCUT2D eigenvalue weighted by atomic mass is 16.3. The molecular weight excluding hydrogens is 252 g/mol. The topological polar surface area (TPSA) is 64.5 Å². The molecule has 0 unspecified atom stereocenters. The van der Waals surface area contributed by atoms with Crippen LogP contribution in [0.2, 0.25) is 0 Å². The van der Waals surface area contributed by atoms with Crippen molar-refractivity contribution < 1.29 is 10.2 Å². The number of aliphatic hydroxyl groups is 2. The highest BCUT2D eigenvalue weighted by Gasteiger charge is 2.33. The van der Waals surface area contributed by atoms with Crippen molar-refractivity contribution in [1.82, 2.24) is 10.9 Å². The lowest BCUT2D eigenvalue weighted by molar-refractivity contribution is 0.168. The first-order valence-electron chi connectivity index (χ1n) is 6.66. The zero-order valence-corrected chi connectivity index (χ0v) is 11.3. The Kier molecular flexibility index (Phi) is 5.26. The van der Waals surface area contributed by atoms with Crippen LogP contribution in [-0.4, -0.2) is 30.0 Å². The lowest BCUT2D eigenvalue weighted by Crippen LogP contribution is -2.53. The SMILES string of the molecule is OCCNNC(CO)(c1ccccc1)c1ccccc1. The van der Waals surface area contributed by atoms with Crippen LogP contribution in [-0.2, 0) is 5.54 Å². The molecule has 0 bridgehead atoms. The molecule has 4 N–H and O–H groups in total. The second-order valence-corrected chi connectivity index (χ2v) is 4.57. The fourth-order valence-corrected chi connectivity index (χ4v) is 2.25. The van der Waals surface area contributed by atoms with E-state index in [1.54, 1.807) is 0 Å². The molecule has 0 heterocycles. The third-order valence-corrected chi connectivity index (χ3v) is 3.31. The Morgan fingerprint density at radius 3 is 1.70 bits per heavy atom. The predicted octanol–water partition coefficient (Wildman–Crippen LogP) is 1.01. The summed E-state index contributed by atoms with van der Waals surface area (Å²) in [5, 5.41) is 18.9. The van der Waals surface area contributed by atoms with E-state index < -0.39 is 5.54 Å². The van der Waals surface area contributed by atoms with Crippen molar-refractivity contribution in [3.05, 3.63) is 71.8 Å². The quantitative estimate of drug-likeness (QED) is 0.449. The molecule has 4 nitrogen and oxygen atoms in total. The van der Waals surface area contributed by atoms with Gasteiger partial charge in [0.1, 0.15) is 5.54 Å². The van der Waals surface area contributed by atoms with E-state index in [2.05, 4.69) is 10.9 Å². The lowest BCUT2D eigenvalue weighted by Gasteiger charge is -2.34. The highest BCUT2D eigenvalue weighted by Crippen LogP contribution is 2.28. The Morgan fingerprint density at radius 2 is 1.30 bits per heavy atom. The number of hydrogen-bond donors (Lipinski definition) is 4. The molecule has 106 valence electrons. The van der Waals surface area contributed by atoms with Gasteiger partial charge in [-0.1, -0.05) is 60.7 Å². The Balaban J connectivity index is 2.41. The summed E-state index contributed by atoms with van der Waals surface area (Å²) in [6.45, 7) is 0.332. The fourth-order valence-electron chi connectivity index (χ4n) is 2.25. The summed E-state index contributed by atoms with van der Waals surface area (Å²) < 4.78 is 0. The predicted molar refractivity (Wildman–Crippen MR) is 79.0 cm³/mol. The van der Waals surface area contributed by atoms with E-state index >= 15 is 0 Å². The van der Waals surface area contributed by atoms with E-state index in [9.17, 15) is 5.11 Å². The van der Waals surface area contributed by atoms with E-state index in [0.717, 1.165) is 11.1 Å². The highest BCUT2D eigenvalue weighted by molar-refractivity contribution is 5.38.